The van der Waals surface area contributed by atoms with E-state index in [1.54, 1.807) is 0 Å². The summed E-state index contributed by atoms with van der Waals surface area (Å²) in [6.07, 6.45) is 2.88. The molecule has 1 saturated heterocycles. The first-order valence-corrected chi connectivity index (χ1v) is 8.02. The van der Waals surface area contributed by atoms with Crippen LogP contribution in [0.2, 0.25) is 0 Å². The van der Waals surface area contributed by atoms with Crippen molar-refractivity contribution in [3.05, 3.63) is 17.0 Å². The summed E-state index contributed by atoms with van der Waals surface area (Å²) in [6, 6.07) is 0.295. The summed E-state index contributed by atoms with van der Waals surface area (Å²) in [5.74, 6) is 1.65. The van der Waals surface area contributed by atoms with E-state index in [2.05, 4.69) is 17.1 Å². The monoisotopic (exact) mass is 326 g/mol. The zero-order valence-corrected chi connectivity index (χ0v) is 14.4. The Kier molecular flexibility index (Phi) is 5.17. The highest BCUT2D eigenvalue weighted by molar-refractivity contribution is 5.85. The summed E-state index contributed by atoms with van der Waals surface area (Å²) in [4.78, 5) is 14.6. The first-order valence-electron chi connectivity index (χ1n) is 8.02. The van der Waals surface area contributed by atoms with Gasteiger partial charge < -0.3 is 10.6 Å². The van der Waals surface area contributed by atoms with Crippen molar-refractivity contribution >= 4 is 18.3 Å². The molecular weight excluding hydrogens is 300 g/mol. The Morgan fingerprint density at radius 2 is 2.14 bits per heavy atom. The lowest BCUT2D eigenvalue weighted by Crippen LogP contribution is -2.34. The van der Waals surface area contributed by atoms with Crippen molar-refractivity contribution in [3.63, 3.8) is 0 Å². The van der Waals surface area contributed by atoms with Crippen molar-refractivity contribution in [1.82, 2.24) is 15.1 Å². The number of carbonyl (C=O) groups is 1. The molecule has 3 N–H and O–H groups in total. The maximum absolute atomic E-state index is 12.6. The Labute approximate surface area is 138 Å². The number of aromatic amines is 1. The number of hydrogen-bond donors (Lipinski definition) is 2. The molecule has 2 fully saturated rings. The number of carbonyl (C=O) groups excluding carboxylic acids is 1. The number of fused-ring (bicyclic) bond motifs is 1. The first-order chi connectivity index (χ1) is 9.97. The Bertz CT molecular complexity index is 525. The van der Waals surface area contributed by atoms with Crippen molar-refractivity contribution in [2.24, 2.45) is 17.6 Å². The van der Waals surface area contributed by atoms with Crippen molar-refractivity contribution in [2.75, 3.05) is 13.1 Å². The van der Waals surface area contributed by atoms with Gasteiger partial charge in [-0.3, -0.25) is 9.89 Å². The fourth-order valence-electron chi connectivity index (χ4n) is 4.29. The van der Waals surface area contributed by atoms with Crippen molar-refractivity contribution < 1.29 is 4.79 Å². The number of aryl methyl sites for hydroxylation is 2. The van der Waals surface area contributed by atoms with Crippen LogP contribution in [0.3, 0.4) is 0 Å². The van der Waals surface area contributed by atoms with E-state index in [4.69, 9.17) is 5.73 Å². The molecule has 6 heteroatoms. The van der Waals surface area contributed by atoms with Gasteiger partial charge in [-0.15, -0.1) is 12.4 Å². The Morgan fingerprint density at radius 1 is 1.41 bits per heavy atom. The average molecular weight is 327 g/mol. The highest BCUT2D eigenvalue weighted by Gasteiger charge is 2.42. The summed E-state index contributed by atoms with van der Waals surface area (Å²) >= 11 is 0. The van der Waals surface area contributed by atoms with Gasteiger partial charge >= 0.3 is 0 Å². The van der Waals surface area contributed by atoms with Gasteiger partial charge in [0, 0.05) is 31.2 Å². The molecule has 1 aliphatic heterocycles. The number of hydrogen-bond acceptors (Lipinski definition) is 3. The molecule has 0 bridgehead atoms. The SMILES string of the molecule is Cc1n[nH]c(C)c1C(C)CC(=O)N1CC2CCC(N)C2C1.Cl. The molecule has 5 nitrogen and oxygen atoms in total. The maximum Gasteiger partial charge on any atom is 0.223 e. The Balaban J connectivity index is 0.00000176. The molecule has 3 rings (SSSR count). The Hall–Kier alpha value is -1.07. The highest BCUT2D eigenvalue weighted by Crippen LogP contribution is 2.37. The fraction of sp³-hybridized carbons (Fsp3) is 0.750. The lowest BCUT2D eigenvalue weighted by Gasteiger charge is -2.21. The molecule has 0 radical (unpaired) electrons. The number of nitrogens with one attached hydrogen (secondary N) is 1. The molecule has 0 spiro atoms. The van der Waals surface area contributed by atoms with E-state index in [-0.39, 0.29) is 24.2 Å². The van der Waals surface area contributed by atoms with Gasteiger partial charge in [0.2, 0.25) is 5.91 Å². The van der Waals surface area contributed by atoms with Crippen LogP contribution in [0.15, 0.2) is 0 Å². The number of halogens is 1. The first kappa shape index (κ1) is 17.3. The van der Waals surface area contributed by atoms with E-state index in [9.17, 15) is 4.79 Å². The molecule has 124 valence electrons. The zero-order chi connectivity index (χ0) is 15.1. The van der Waals surface area contributed by atoms with Crippen molar-refractivity contribution in [2.45, 2.75) is 52.0 Å². The van der Waals surface area contributed by atoms with E-state index in [1.165, 1.54) is 12.0 Å². The lowest BCUT2D eigenvalue weighted by atomic mass is 9.95. The molecule has 1 saturated carbocycles. The minimum atomic E-state index is 0. The van der Waals surface area contributed by atoms with Gasteiger partial charge in [0.25, 0.3) is 0 Å². The quantitative estimate of drug-likeness (QED) is 0.893. The summed E-state index contributed by atoms with van der Waals surface area (Å²) in [5.41, 5.74) is 9.43. The van der Waals surface area contributed by atoms with Gasteiger partial charge in [-0.2, -0.15) is 5.10 Å². The van der Waals surface area contributed by atoms with Gasteiger partial charge in [-0.1, -0.05) is 6.92 Å². The number of likely N-dealkylation sites (tertiary alicyclic amines) is 1. The third kappa shape index (κ3) is 3.01. The summed E-state index contributed by atoms with van der Waals surface area (Å²) in [5, 5.41) is 7.24. The molecule has 2 aliphatic rings. The van der Waals surface area contributed by atoms with Crippen molar-refractivity contribution in [1.29, 1.82) is 0 Å². The predicted octanol–water partition coefficient (Wildman–Crippen LogP) is 2.14. The van der Waals surface area contributed by atoms with Gasteiger partial charge in [0.15, 0.2) is 0 Å². The Morgan fingerprint density at radius 3 is 2.73 bits per heavy atom. The number of rotatable bonds is 3. The van der Waals surface area contributed by atoms with Crippen LogP contribution in [-0.4, -0.2) is 40.1 Å². The van der Waals surface area contributed by atoms with E-state index < -0.39 is 0 Å². The minimum Gasteiger partial charge on any atom is -0.342 e. The normalized spacial score (nSPS) is 28.4. The van der Waals surface area contributed by atoms with Gasteiger partial charge in [-0.25, -0.2) is 0 Å². The van der Waals surface area contributed by atoms with E-state index in [0.29, 0.717) is 24.3 Å². The third-order valence-corrected chi connectivity index (χ3v) is 5.42. The second-order valence-electron chi connectivity index (χ2n) is 6.92. The molecular formula is C16H27ClN4O. The van der Waals surface area contributed by atoms with Crippen LogP contribution in [0.4, 0.5) is 0 Å². The van der Waals surface area contributed by atoms with Crippen LogP contribution < -0.4 is 5.73 Å². The number of nitrogens with two attached hydrogens (primary N) is 1. The summed E-state index contributed by atoms with van der Waals surface area (Å²) in [6.45, 7) is 7.91. The minimum absolute atomic E-state index is 0. The zero-order valence-electron chi connectivity index (χ0n) is 13.6. The fourth-order valence-corrected chi connectivity index (χ4v) is 4.29. The topological polar surface area (TPSA) is 75.0 Å². The summed E-state index contributed by atoms with van der Waals surface area (Å²) in [7, 11) is 0. The smallest absolute Gasteiger partial charge is 0.223 e. The highest BCUT2D eigenvalue weighted by atomic mass is 35.5. The number of H-pyrrole nitrogens is 1. The number of nitrogens with zero attached hydrogens (tertiary/aromatic N) is 2. The second-order valence-corrected chi connectivity index (χ2v) is 6.92. The van der Waals surface area contributed by atoms with Crippen LogP contribution in [-0.2, 0) is 4.79 Å². The molecule has 22 heavy (non-hydrogen) atoms. The molecule has 1 aromatic heterocycles. The molecule has 4 atom stereocenters. The van der Waals surface area contributed by atoms with Crippen LogP contribution in [0.1, 0.15) is 49.1 Å². The molecule has 1 amide bonds. The van der Waals surface area contributed by atoms with Crippen molar-refractivity contribution in [3.8, 4) is 0 Å². The van der Waals surface area contributed by atoms with Crippen LogP contribution in [0, 0.1) is 25.7 Å². The standard InChI is InChI=1S/C16H26N4O.ClH/c1-9(16-10(2)18-19-11(16)3)6-15(21)20-7-12-4-5-14(17)13(12)8-20;/h9,12-14H,4-8,17H2,1-3H3,(H,18,19);1H. The molecule has 0 aromatic carbocycles. The van der Waals surface area contributed by atoms with E-state index in [1.807, 2.05) is 18.7 Å². The summed E-state index contributed by atoms with van der Waals surface area (Å²) < 4.78 is 0. The third-order valence-electron chi connectivity index (χ3n) is 5.42. The number of amides is 1. The molecule has 2 heterocycles. The van der Waals surface area contributed by atoms with Gasteiger partial charge in [0.1, 0.15) is 0 Å². The van der Waals surface area contributed by atoms with Crippen LogP contribution in [0.25, 0.3) is 0 Å². The average Bonchev–Trinajstić information content (AvgIpc) is 3.07. The number of aromatic nitrogens is 2. The predicted molar refractivity (Wildman–Crippen MR) is 89.1 cm³/mol. The molecule has 4 unspecified atom stereocenters. The second kappa shape index (κ2) is 6.59. The van der Waals surface area contributed by atoms with Gasteiger partial charge in [-0.05, 0) is 50.0 Å². The molecule has 1 aliphatic carbocycles. The van der Waals surface area contributed by atoms with E-state index in [0.717, 1.165) is 30.9 Å². The van der Waals surface area contributed by atoms with Crippen LogP contribution >= 0.6 is 12.4 Å². The largest absolute Gasteiger partial charge is 0.342 e. The molecule has 1 aromatic rings. The van der Waals surface area contributed by atoms with Crippen LogP contribution in [0.5, 0.6) is 0 Å². The van der Waals surface area contributed by atoms with E-state index >= 15 is 0 Å². The van der Waals surface area contributed by atoms with Gasteiger partial charge in [0.05, 0.1) is 5.69 Å². The maximum atomic E-state index is 12.6. The lowest BCUT2D eigenvalue weighted by molar-refractivity contribution is -0.130.